The van der Waals surface area contributed by atoms with E-state index in [4.69, 9.17) is 14.2 Å². The number of alkyl halides is 2. The van der Waals surface area contributed by atoms with Crippen molar-refractivity contribution in [1.29, 1.82) is 0 Å². The van der Waals surface area contributed by atoms with Gasteiger partial charge in [0, 0.05) is 24.4 Å². The third-order valence-corrected chi connectivity index (χ3v) is 5.42. The Morgan fingerprint density at radius 1 is 1.06 bits per heavy atom. The smallest absolute Gasteiger partial charge is 0.272 e. The molecule has 8 nitrogen and oxygen atoms in total. The number of ether oxygens (including phenoxy) is 3. The van der Waals surface area contributed by atoms with E-state index in [-0.39, 0.29) is 11.9 Å². The molecular formula is C23H21F2N5O3. The van der Waals surface area contributed by atoms with Crippen LogP contribution in [0, 0.1) is 0 Å². The van der Waals surface area contributed by atoms with Crippen molar-refractivity contribution >= 4 is 27.8 Å². The number of rotatable bonds is 7. The summed E-state index contributed by atoms with van der Waals surface area (Å²) in [5, 5.41) is 0.689. The van der Waals surface area contributed by atoms with Crippen LogP contribution in [0.15, 0.2) is 48.9 Å². The van der Waals surface area contributed by atoms with Crippen molar-refractivity contribution < 1.29 is 23.0 Å². The van der Waals surface area contributed by atoms with Gasteiger partial charge in [0.25, 0.3) is 6.43 Å². The summed E-state index contributed by atoms with van der Waals surface area (Å²) in [4.78, 5) is 19.8. The van der Waals surface area contributed by atoms with Gasteiger partial charge >= 0.3 is 0 Å². The van der Waals surface area contributed by atoms with Crippen LogP contribution in [-0.4, -0.2) is 59.3 Å². The Bertz CT molecular complexity index is 1290. The monoisotopic (exact) mass is 453 g/mol. The van der Waals surface area contributed by atoms with Crippen molar-refractivity contribution in [3.8, 4) is 17.4 Å². The third kappa shape index (κ3) is 4.41. The zero-order chi connectivity index (χ0) is 22.8. The summed E-state index contributed by atoms with van der Waals surface area (Å²) in [5.74, 6) is 1.71. The van der Waals surface area contributed by atoms with E-state index in [1.165, 1.54) is 13.4 Å². The molecule has 2 aromatic carbocycles. The van der Waals surface area contributed by atoms with E-state index in [0.29, 0.717) is 41.4 Å². The van der Waals surface area contributed by atoms with Gasteiger partial charge in [-0.1, -0.05) is 12.1 Å². The van der Waals surface area contributed by atoms with Crippen molar-refractivity contribution in [2.45, 2.75) is 19.0 Å². The summed E-state index contributed by atoms with van der Waals surface area (Å²) in [7, 11) is 1.45. The third-order valence-electron chi connectivity index (χ3n) is 5.42. The predicted octanol–water partition coefficient (Wildman–Crippen LogP) is 3.88. The molecule has 0 amide bonds. The van der Waals surface area contributed by atoms with Crippen molar-refractivity contribution in [3.63, 3.8) is 0 Å². The average molecular weight is 453 g/mol. The van der Waals surface area contributed by atoms with Gasteiger partial charge in [0.15, 0.2) is 11.5 Å². The molecular weight excluding hydrogens is 432 g/mol. The summed E-state index contributed by atoms with van der Waals surface area (Å²) in [6.45, 7) is 0.564. The molecule has 0 unspecified atom stereocenters. The number of hydrogen-bond donors (Lipinski definition) is 0. The summed E-state index contributed by atoms with van der Waals surface area (Å²) in [5.41, 5.74) is 2.22. The molecule has 2 aromatic heterocycles. The van der Waals surface area contributed by atoms with Crippen LogP contribution in [0.2, 0.25) is 0 Å². The molecule has 170 valence electrons. The second-order valence-electron chi connectivity index (χ2n) is 7.59. The van der Waals surface area contributed by atoms with E-state index in [0.717, 1.165) is 17.5 Å². The summed E-state index contributed by atoms with van der Waals surface area (Å²) >= 11 is 0. The first-order chi connectivity index (χ1) is 16.1. The zero-order valence-electron chi connectivity index (χ0n) is 17.8. The highest BCUT2D eigenvalue weighted by atomic mass is 19.3. The minimum absolute atomic E-state index is 0.0988. The lowest BCUT2D eigenvalue weighted by Gasteiger charge is -2.20. The molecule has 1 aliphatic rings. The van der Waals surface area contributed by atoms with Crippen LogP contribution < -0.4 is 19.1 Å². The van der Waals surface area contributed by atoms with Crippen LogP contribution in [-0.2, 0) is 0 Å². The Hall–Kier alpha value is -3.82. The van der Waals surface area contributed by atoms with Gasteiger partial charge in [0.1, 0.15) is 24.9 Å². The number of aromatic nitrogens is 4. The lowest BCUT2D eigenvalue weighted by molar-refractivity contribution is 0.0805. The lowest BCUT2D eigenvalue weighted by Crippen LogP contribution is -2.25. The highest BCUT2D eigenvalue weighted by Gasteiger charge is 2.27. The standard InChI is InChI=1S/C23H21F2N5O3/c1-31-19-9-18-15(8-20(19)32-12-21(24)25)23(28-13-27-18)30-7-6-14(11-30)33-22-10-26-16-4-2-3-5-17(16)29-22/h2-5,8-10,13-14,21H,6-7,11-12H2,1H3/t14-/m1/s1. The number of fused-ring (bicyclic) bond motifs is 2. The topological polar surface area (TPSA) is 82.5 Å². The van der Waals surface area contributed by atoms with E-state index in [9.17, 15) is 8.78 Å². The Morgan fingerprint density at radius 2 is 1.91 bits per heavy atom. The number of para-hydroxylation sites is 2. The molecule has 1 saturated heterocycles. The highest BCUT2D eigenvalue weighted by molar-refractivity contribution is 5.92. The van der Waals surface area contributed by atoms with Crippen LogP contribution in [0.25, 0.3) is 21.9 Å². The van der Waals surface area contributed by atoms with Gasteiger partial charge in [-0.2, -0.15) is 0 Å². The SMILES string of the molecule is COc1cc2ncnc(N3CC[C@@H](Oc4cnc5ccccc5n4)C3)c2cc1OCC(F)F. The number of methoxy groups -OCH3 is 1. The predicted molar refractivity (Wildman–Crippen MR) is 118 cm³/mol. The van der Waals surface area contributed by atoms with Crippen molar-refractivity contribution in [2.24, 2.45) is 0 Å². The van der Waals surface area contributed by atoms with Crippen LogP contribution in [0.3, 0.4) is 0 Å². The summed E-state index contributed by atoms with van der Waals surface area (Å²) < 4.78 is 42.0. The molecule has 0 spiro atoms. The van der Waals surface area contributed by atoms with Crippen LogP contribution in [0.5, 0.6) is 17.4 Å². The molecule has 5 rings (SSSR count). The molecule has 4 aromatic rings. The first-order valence-corrected chi connectivity index (χ1v) is 10.5. The van der Waals surface area contributed by atoms with Gasteiger partial charge < -0.3 is 19.1 Å². The number of anilines is 1. The van der Waals surface area contributed by atoms with Crippen molar-refractivity contribution in [3.05, 3.63) is 48.9 Å². The second kappa shape index (κ2) is 8.97. The second-order valence-corrected chi connectivity index (χ2v) is 7.59. The maximum absolute atomic E-state index is 12.7. The van der Waals surface area contributed by atoms with E-state index in [2.05, 4.69) is 24.8 Å². The first kappa shape index (κ1) is 21.0. The quantitative estimate of drug-likeness (QED) is 0.417. The largest absolute Gasteiger partial charge is 0.493 e. The van der Waals surface area contributed by atoms with Crippen LogP contribution in [0.4, 0.5) is 14.6 Å². The van der Waals surface area contributed by atoms with Gasteiger partial charge in [-0.15, -0.1) is 0 Å². The lowest BCUT2D eigenvalue weighted by atomic mass is 10.2. The zero-order valence-corrected chi connectivity index (χ0v) is 17.8. The minimum Gasteiger partial charge on any atom is -0.493 e. The molecule has 0 saturated carbocycles. The normalized spacial score (nSPS) is 16.0. The Kier molecular flexibility index (Phi) is 5.72. The Labute approximate surface area is 188 Å². The average Bonchev–Trinajstić information content (AvgIpc) is 3.29. The fourth-order valence-corrected chi connectivity index (χ4v) is 3.91. The molecule has 10 heteroatoms. The van der Waals surface area contributed by atoms with Crippen LogP contribution in [0.1, 0.15) is 6.42 Å². The van der Waals surface area contributed by atoms with Gasteiger partial charge in [-0.05, 0) is 18.2 Å². The fourth-order valence-electron chi connectivity index (χ4n) is 3.91. The van der Waals surface area contributed by atoms with Crippen LogP contribution >= 0.6 is 0 Å². The fraction of sp³-hybridized carbons (Fsp3) is 0.304. The maximum Gasteiger partial charge on any atom is 0.272 e. The van der Waals surface area contributed by atoms with E-state index in [1.54, 1.807) is 18.3 Å². The van der Waals surface area contributed by atoms with E-state index >= 15 is 0 Å². The molecule has 0 N–H and O–H groups in total. The molecule has 0 aliphatic carbocycles. The molecule has 33 heavy (non-hydrogen) atoms. The number of benzene rings is 2. The summed E-state index contributed by atoms with van der Waals surface area (Å²) in [6, 6.07) is 10.9. The number of nitrogens with zero attached hydrogens (tertiary/aromatic N) is 5. The van der Waals surface area contributed by atoms with Gasteiger partial charge in [0.05, 0.1) is 36.4 Å². The van der Waals surface area contributed by atoms with Gasteiger partial charge in [-0.3, -0.25) is 0 Å². The van der Waals surface area contributed by atoms with Crippen molar-refractivity contribution in [2.75, 3.05) is 31.7 Å². The Morgan fingerprint density at radius 3 is 2.73 bits per heavy atom. The minimum atomic E-state index is -2.59. The molecule has 0 radical (unpaired) electrons. The first-order valence-electron chi connectivity index (χ1n) is 10.5. The molecule has 1 atom stereocenters. The van der Waals surface area contributed by atoms with E-state index in [1.807, 2.05) is 24.3 Å². The number of halogens is 2. The maximum atomic E-state index is 12.7. The van der Waals surface area contributed by atoms with Gasteiger partial charge in [-0.25, -0.2) is 28.7 Å². The molecule has 1 fully saturated rings. The highest BCUT2D eigenvalue weighted by Crippen LogP contribution is 2.36. The number of hydrogen-bond acceptors (Lipinski definition) is 8. The summed E-state index contributed by atoms with van der Waals surface area (Å²) in [6.07, 6.45) is 1.18. The molecule has 0 bridgehead atoms. The molecule has 1 aliphatic heterocycles. The molecule has 3 heterocycles. The van der Waals surface area contributed by atoms with Crippen molar-refractivity contribution in [1.82, 2.24) is 19.9 Å². The Balaban J connectivity index is 1.37. The van der Waals surface area contributed by atoms with Gasteiger partial charge in [0.2, 0.25) is 5.88 Å². The van der Waals surface area contributed by atoms with E-state index < -0.39 is 13.0 Å².